The highest BCUT2D eigenvalue weighted by Gasteiger charge is 2.27. The fraction of sp³-hybridized carbons (Fsp3) is 0.822. The zero-order valence-electron chi connectivity index (χ0n) is 35.6. The second kappa shape index (κ2) is 41.4. The molecule has 0 saturated carbocycles. The average molecular weight is 815 g/mol. The van der Waals surface area contributed by atoms with Crippen molar-refractivity contribution in [3.05, 3.63) is 36.5 Å². The molecular formula is C45H83O10P. The molecule has 328 valence electrons. The van der Waals surface area contributed by atoms with E-state index in [1.807, 2.05) is 0 Å². The van der Waals surface area contributed by atoms with Gasteiger partial charge in [-0.3, -0.25) is 18.6 Å². The standard InChI is InChI=1S/C45H83O10P/c1-3-5-7-9-11-13-15-17-19-21-23-25-27-29-31-33-35-37-45(49)55-43(39-47)41-53-56(50,51)52-40-42(38-46)54-44(48)36-34-32-30-28-26-24-22-20-18-16-14-12-10-8-6-4-2/h14,16-17,19-20,22,42-43,46-47H,3-13,15,18,21,23-41H2,1-2H3,(H,50,51)/b16-14-,19-17-,22-20-. The first kappa shape index (κ1) is 54.2. The predicted octanol–water partition coefficient (Wildman–Crippen LogP) is 11.9. The summed E-state index contributed by atoms with van der Waals surface area (Å²) < 4.78 is 32.6. The molecule has 0 aromatic carbocycles. The zero-order chi connectivity index (χ0) is 41.2. The van der Waals surface area contributed by atoms with Gasteiger partial charge >= 0.3 is 19.8 Å². The lowest BCUT2D eigenvalue weighted by Crippen LogP contribution is -2.28. The molecule has 0 saturated heterocycles. The number of carbonyl (C=O) groups excluding carboxylic acids is 2. The van der Waals surface area contributed by atoms with Crippen LogP contribution in [0.3, 0.4) is 0 Å². The van der Waals surface area contributed by atoms with Gasteiger partial charge in [-0.1, -0.05) is 153 Å². The maximum absolute atomic E-state index is 12.4. The number of esters is 2. The van der Waals surface area contributed by atoms with Gasteiger partial charge in [0.15, 0.2) is 0 Å². The van der Waals surface area contributed by atoms with Gasteiger partial charge in [-0.2, -0.15) is 0 Å². The molecule has 3 N–H and O–H groups in total. The molecule has 0 aliphatic rings. The minimum Gasteiger partial charge on any atom is -0.457 e. The van der Waals surface area contributed by atoms with Crippen molar-refractivity contribution in [3.63, 3.8) is 0 Å². The smallest absolute Gasteiger partial charge is 0.457 e. The number of unbranched alkanes of at least 4 members (excludes halogenated alkanes) is 22. The molecular weight excluding hydrogens is 731 g/mol. The molecule has 0 heterocycles. The lowest BCUT2D eigenvalue weighted by atomic mass is 10.1. The van der Waals surface area contributed by atoms with Crippen LogP contribution in [0.2, 0.25) is 0 Å². The Kier molecular flexibility index (Phi) is 40.0. The van der Waals surface area contributed by atoms with Crippen molar-refractivity contribution in [3.8, 4) is 0 Å². The molecule has 11 heteroatoms. The lowest BCUT2D eigenvalue weighted by Gasteiger charge is -2.20. The van der Waals surface area contributed by atoms with Crippen LogP contribution in [0, 0.1) is 0 Å². The van der Waals surface area contributed by atoms with Crippen molar-refractivity contribution < 1.29 is 47.8 Å². The predicted molar refractivity (Wildman–Crippen MR) is 228 cm³/mol. The molecule has 0 fully saturated rings. The van der Waals surface area contributed by atoms with E-state index >= 15 is 0 Å². The first-order chi connectivity index (χ1) is 27.3. The summed E-state index contributed by atoms with van der Waals surface area (Å²) in [5, 5.41) is 19.2. The van der Waals surface area contributed by atoms with Gasteiger partial charge in [0.25, 0.3) is 0 Å². The van der Waals surface area contributed by atoms with Crippen LogP contribution in [-0.4, -0.2) is 65.7 Å². The number of aliphatic hydroxyl groups is 2. The summed E-state index contributed by atoms with van der Waals surface area (Å²) in [6, 6.07) is 0. The van der Waals surface area contributed by atoms with Crippen LogP contribution >= 0.6 is 7.82 Å². The van der Waals surface area contributed by atoms with Crippen LogP contribution in [0.4, 0.5) is 0 Å². The van der Waals surface area contributed by atoms with Gasteiger partial charge in [0.05, 0.1) is 26.4 Å². The lowest BCUT2D eigenvalue weighted by molar-refractivity contribution is -0.153. The van der Waals surface area contributed by atoms with Gasteiger partial charge in [0, 0.05) is 12.8 Å². The minimum atomic E-state index is -4.64. The SMILES string of the molecule is CCCCCC/C=C\C/C=C\CCCCCCCC(=O)OC(CO)COP(=O)(O)OCC(CO)OC(=O)CCCCCCCCC/C=C\CCCCCCCC. The van der Waals surface area contributed by atoms with E-state index in [9.17, 15) is 29.3 Å². The van der Waals surface area contributed by atoms with Gasteiger partial charge in [0.1, 0.15) is 12.2 Å². The Morgan fingerprint density at radius 1 is 0.482 bits per heavy atom. The molecule has 3 unspecified atom stereocenters. The summed E-state index contributed by atoms with van der Waals surface area (Å²) in [5.74, 6) is -1.03. The fourth-order valence-electron chi connectivity index (χ4n) is 6.08. The molecule has 0 radical (unpaired) electrons. The number of aliphatic hydroxyl groups excluding tert-OH is 2. The van der Waals surface area contributed by atoms with Crippen LogP contribution in [0.15, 0.2) is 36.5 Å². The number of phosphoric ester groups is 1. The van der Waals surface area contributed by atoms with Crippen LogP contribution in [-0.2, 0) is 32.7 Å². The summed E-state index contributed by atoms with van der Waals surface area (Å²) in [6.45, 7) is 2.18. The molecule has 56 heavy (non-hydrogen) atoms. The Labute approximate surface area is 341 Å². The Balaban J connectivity index is 3.93. The minimum absolute atomic E-state index is 0.176. The number of rotatable bonds is 42. The average Bonchev–Trinajstić information content (AvgIpc) is 3.19. The Hall–Kier alpha value is -1.81. The number of carbonyl (C=O) groups is 2. The largest absolute Gasteiger partial charge is 0.472 e. The van der Waals surface area contributed by atoms with Gasteiger partial charge in [0.2, 0.25) is 0 Å². The molecule has 0 rings (SSSR count). The molecule has 0 aromatic heterocycles. The maximum atomic E-state index is 12.4. The van der Waals surface area contributed by atoms with E-state index in [-0.39, 0.29) is 12.8 Å². The third kappa shape index (κ3) is 39.0. The van der Waals surface area contributed by atoms with E-state index in [1.54, 1.807) is 0 Å². The van der Waals surface area contributed by atoms with Gasteiger partial charge < -0.3 is 24.6 Å². The molecule has 0 aliphatic heterocycles. The summed E-state index contributed by atoms with van der Waals surface area (Å²) >= 11 is 0. The molecule has 0 spiro atoms. The second-order valence-corrected chi connectivity index (χ2v) is 16.5. The normalized spacial score (nSPS) is 14.2. The Bertz CT molecular complexity index is 1030. The first-order valence-corrected chi connectivity index (χ1v) is 23.9. The molecule has 0 bridgehead atoms. The van der Waals surface area contributed by atoms with Gasteiger partial charge in [-0.15, -0.1) is 0 Å². The second-order valence-electron chi connectivity index (χ2n) is 15.0. The molecule has 3 atom stereocenters. The van der Waals surface area contributed by atoms with Crippen LogP contribution in [0.5, 0.6) is 0 Å². The molecule has 10 nitrogen and oxygen atoms in total. The van der Waals surface area contributed by atoms with Crippen molar-refractivity contribution in [1.29, 1.82) is 0 Å². The quantitative estimate of drug-likeness (QED) is 0.0235. The van der Waals surface area contributed by atoms with Crippen LogP contribution in [0.25, 0.3) is 0 Å². The highest BCUT2D eigenvalue weighted by molar-refractivity contribution is 7.47. The van der Waals surface area contributed by atoms with Crippen molar-refractivity contribution >= 4 is 19.8 Å². The van der Waals surface area contributed by atoms with Crippen molar-refractivity contribution in [1.82, 2.24) is 0 Å². The monoisotopic (exact) mass is 815 g/mol. The van der Waals surface area contributed by atoms with E-state index in [0.29, 0.717) is 12.8 Å². The molecule has 0 amide bonds. The number of ether oxygens (including phenoxy) is 2. The molecule has 0 aliphatic carbocycles. The topological polar surface area (TPSA) is 149 Å². The van der Waals surface area contributed by atoms with Gasteiger partial charge in [-0.05, 0) is 70.6 Å². The van der Waals surface area contributed by atoms with Crippen molar-refractivity contribution in [2.24, 2.45) is 0 Å². The summed E-state index contributed by atoms with van der Waals surface area (Å²) in [6.07, 6.45) is 42.5. The van der Waals surface area contributed by atoms with E-state index in [2.05, 4.69) is 50.3 Å². The van der Waals surface area contributed by atoms with E-state index in [1.165, 1.54) is 96.3 Å². The third-order valence-electron chi connectivity index (χ3n) is 9.57. The third-order valence-corrected chi connectivity index (χ3v) is 10.5. The number of allylic oxidation sites excluding steroid dienone is 6. The van der Waals surface area contributed by atoms with Crippen molar-refractivity contribution in [2.75, 3.05) is 26.4 Å². The van der Waals surface area contributed by atoms with Crippen LogP contribution in [0.1, 0.15) is 200 Å². The molecule has 0 aromatic rings. The highest BCUT2D eigenvalue weighted by atomic mass is 31.2. The summed E-state index contributed by atoms with van der Waals surface area (Å²) in [5.41, 5.74) is 0. The van der Waals surface area contributed by atoms with Crippen molar-refractivity contribution in [2.45, 2.75) is 212 Å². The zero-order valence-corrected chi connectivity index (χ0v) is 36.5. The first-order valence-electron chi connectivity index (χ1n) is 22.4. The number of phosphoric acid groups is 1. The summed E-state index contributed by atoms with van der Waals surface area (Å²) in [4.78, 5) is 34.5. The Morgan fingerprint density at radius 3 is 1.14 bits per heavy atom. The number of hydrogen-bond acceptors (Lipinski definition) is 9. The van der Waals surface area contributed by atoms with E-state index in [0.717, 1.165) is 64.2 Å². The van der Waals surface area contributed by atoms with E-state index < -0.39 is 58.4 Å². The van der Waals surface area contributed by atoms with E-state index in [4.69, 9.17) is 18.5 Å². The number of hydrogen-bond donors (Lipinski definition) is 3. The summed E-state index contributed by atoms with van der Waals surface area (Å²) in [7, 11) is -4.64. The van der Waals surface area contributed by atoms with Crippen LogP contribution < -0.4 is 0 Å². The van der Waals surface area contributed by atoms with Gasteiger partial charge in [-0.25, -0.2) is 4.57 Å². The maximum Gasteiger partial charge on any atom is 0.472 e. The Morgan fingerprint density at radius 2 is 0.786 bits per heavy atom. The fourth-order valence-corrected chi connectivity index (χ4v) is 6.86. The highest BCUT2D eigenvalue weighted by Crippen LogP contribution is 2.43.